The van der Waals surface area contributed by atoms with Gasteiger partial charge in [0, 0.05) is 43.3 Å². The molecule has 1 fully saturated rings. The van der Waals surface area contributed by atoms with Gasteiger partial charge in [-0.3, -0.25) is 9.59 Å². The first kappa shape index (κ1) is 18.9. The number of hydrogen-bond acceptors (Lipinski definition) is 3. The van der Waals surface area contributed by atoms with E-state index in [-0.39, 0.29) is 30.8 Å². The lowest BCUT2D eigenvalue weighted by molar-refractivity contribution is -0.132. The van der Waals surface area contributed by atoms with E-state index < -0.39 is 0 Å². The highest BCUT2D eigenvalue weighted by Gasteiger charge is 2.21. The molecule has 5 nitrogen and oxygen atoms in total. The number of benzene rings is 1. The molecule has 122 valence electrons. The maximum Gasteiger partial charge on any atom is 0.254 e. The second-order valence-electron chi connectivity index (χ2n) is 5.25. The third-order valence-electron chi connectivity index (χ3n) is 3.62. The second kappa shape index (κ2) is 8.50. The lowest BCUT2D eigenvalue weighted by Gasteiger charge is -2.29. The van der Waals surface area contributed by atoms with Crippen LogP contribution in [0.4, 0.5) is 0 Å². The van der Waals surface area contributed by atoms with Gasteiger partial charge >= 0.3 is 0 Å². The Bertz CT molecular complexity index is 548. The zero-order valence-corrected chi connectivity index (χ0v) is 15.2. The second-order valence-corrected chi connectivity index (χ2v) is 6.17. The molecule has 0 bridgehead atoms. The first-order valence-electron chi connectivity index (χ1n) is 6.99. The first-order valence-corrected chi connectivity index (χ1v) is 7.78. The number of halogens is 2. The molecule has 0 atom stereocenters. The molecule has 1 heterocycles. The molecule has 1 aliphatic rings. The van der Waals surface area contributed by atoms with Gasteiger partial charge in [0.05, 0.1) is 6.54 Å². The number of aryl methyl sites for hydroxylation is 1. The molecule has 1 aliphatic heterocycles. The standard InChI is InChI=1S/C15H20BrN3O2.ClH/c1-11-3-4-12(16)9-13(11)15(21)18(2)10-14(20)19-7-5-17-6-8-19;/h3-4,9,17H,5-8,10H2,1-2H3;1H. The molecule has 0 aliphatic carbocycles. The number of nitrogens with zero attached hydrogens (tertiary/aromatic N) is 2. The van der Waals surface area contributed by atoms with Crippen LogP contribution in [0, 0.1) is 6.92 Å². The van der Waals surface area contributed by atoms with E-state index in [1.165, 1.54) is 4.90 Å². The Kier molecular flexibility index (Phi) is 7.32. The van der Waals surface area contributed by atoms with E-state index in [1.54, 1.807) is 18.0 Å². The van der Waals surface area contributed by atoms with Crippen molar-refractivity contribution in [1.29, 1.82) is 0 Å². The van der Waals surface area contributed by atoms with Gasteiger partial charge in [0.25, 0.3) is 5.91 Å². The summed E-state index contributed by atoms with van der Waals surface area (Å²) < 4.78 is 0.860. The zero-order chi connectivity index (χ0) is 15.4. The van der Waals surface area contributed by atoms with Crippen LogP contribution in [0.5, 0.6) is 0 Å². The summed E-state index contributed by atoms with van der Waals surface area (Å²) >= 11 is 3.37. The number of carbonyl (C=O) groups excluding carboxylic acids is 2. The fourth-order valence-electron chi connectivity index (χ4n) is 2.32. The predicted molar refractivity (Wildman–Crippen MR) is 92.5 cm³/mol. The number of hydrogen-bond donors (Lipinski definition) is 1. The van der Waals surface area contributed by atoms with Crippen molar-refractivity contribution < 1.29 is 9.59 Å². The van der Waals surface area contributed by atoms with Crippen molar-refractivity contribution in [2.45, 2.75) is 6.92 Å². The smallest absolute Gasteiger partial charge is 0.254 e. The number of likely N-dealkylation sites (N-methyl/N-ethyl adjacent to an activating group) is 1. The van der Waals surface area contributed by atoms with Crippen LogP contribution in [0.2, 0.25) is 0 Å². The molecule has 0 aromatic heterocycles. The van der Waals surface area contributed by atoms with Gasteiger partial charge in [-0.2, -0.15) is 0 Å². The highest BCUT2D eigenvalue weighted by atomic mass is 79.9. The molecule has 1 saturated heterocycles. The fraction of sp³-hybridized carbons (Fsp3) is 0.467. The van der Waals surface area contributed by atoms with E-state index in [0.717, 1.165) is 23.1 Å². The van der Waals surface area contributed by atoms with Crippen LogP contribution >= 0.6 is 28.3 Å². The van der Waals surface area contributed by atoms with Crippen molar-refractivity contribution in [3.63, 3.8) is 0 Å². The summed E-state index contributed by atoms with van der Waals surface area (Å²) in [6.07, 6.45) is 0. The quantitative estimate of drug-likeness (QED) is 0.854. The predicted octanol–water partition coefficient (Wildman–Crippen LogP) is 1.68. The molecule has 22 heavy (non-hydrogen) atoms. The summed E-state index contributed by atoms with van der Waals surface area (Å²) in [6, 6.07) is 5.59. The molecular weight excluding hydrogens is 370 g/mol. The van der Waals surface area contributed by atoms with Crippen molar-refractivity contribution in [3.8, 4) is 0 Å². The Balaban J connectivity index is 0.00000242. The molecule has 0 saturated carbocycles. The molecule has 2 amide bonds. The van der Waals surface area contributed by atoms with Crippen molar-refractivity contribution in [3.05, 3.63) is 33.8 Å². The number of rotatable bonds is 3. The Hall–Kier alpha value is -1.11. The van der Waals surface area contributed by atoms with E-state index in [1.807, 2.05) is 19.1 Å². The van der Waals surface area contributed by atoms with Crippen LogP contribution in [0.3, 0.4) is 0 Å². The number of nitrogens with one attached hydrogen (secondary N) is 1. The molecule has 0 unspecified atom stereocenters. The average molecular weight is 391 g/mol. The molecule has 1 aromatic carbocycles. The average Bonchev–Trinajstić information content (AvgIpc) is 2.49. The Morgan fingerprint density at radius 1 is 1.32 bits per heavy atom. The van der Waals surface area contributed by atoms with E-state index in [4.69, 9.17) is 0 Å². The summed E-state index contributed by atoms with van der Waals surface area (Å²) in [5.41, 5.74) is 1.53. The maximum atomic E-state index is 12.5. The molecule has 1 aromatic rings. The molecular formula is C15H21BrClN3O2. The Morgan fingerprint density at radius 3 is 2.59 bits per heavy atom. The number of piperazine rings is 1. The van der Waals surface area contributed by atoms with Crippen LogP contribution in [0.1, 0.15) is 15.9 Å². The van der Waals surface area contributed by atoms with E-state index in [9.17, 15) is 9.59 Å². The minimum atomic E-state index is -0.128. The number of amides is 2. The minimum Gasteiger partial charge on any atom is -0.339 e. The lowest BCUT2D eigenvalue weighted by Crippen LogP contribution is -2.49. The highest BCUT2D eigenvalue weighted by molar-refractivity contribution is 9.10. The van der Waals surface area contributed by atoms with Crippen molar-refractivity contribution in [2.24, 2.45) is 0 Å². The van der Waals surface area contributed by atoms with E-state index in [2.05, 4.69) is 21.2 Å². The maximum absolute atomic E-state index is 12.5. The Labute approximate surface area is 145 Å². The third-order valence-corrected chi connectivity index (χ3v) is 4.11. The topological polar surface area (TPSA) is 52.7 Å². The van der Waals surface area contributed by atoms with E-state index in [0.29, 0.717) is 18.7 Å². The molecule has 2 rings (SSSR count). The van der Waals surface area contributed by atoms with Gasteiger partial charge in [0.2, 0.25) is 5.91 Å². The molecule has 7 heteroatoms. The van der Waals surface area contributed by atoms with Gasteiger partial charge in [0.1, 0.15) is 0 Å². The van der Waals surface area contributed by atoms with Gasteiger partial charge in [-0.25, -0.2) is 0 Å². The summed E-state index contributed by atoms with van der Waals surface area (Å²) in [5.74, 6) is -0.128. The fourth-order valence-corrected chi connectivity index (χ4v) is 2.68. The monoisotopic (exact) mass is 389 g/mol. The largest absolute Gasteiger partial charge is 0.339 e. The number of carbonyl (C=O) groups is 2. The molecule has 0 spiro atoms. The summed E-state index contributed by atoms with van der Waals surface area (Å²) in [5, 5.41) is 3.21. The van der Waals surface area contributed by atoms with Crippen LogP contribution < -0.4 is 5.32 Å². The van der Waals surface area contributed by atoms with Crippen molar-refractivity contribution >= 4 is 40.2 Å². The van der Waals surface area contributed by atoms with Gasteiger partial charge in [-0.1, -0.05) is 22.0 Å². The normalized spacial score (nSPS) is 14.2. The van der Waals surface area contributed by atoms with Gasteiger partial charge < -0.3 is 15.1 Å². The lowest BCUT2D eigenvalue weighted by atomic mass is 10.1. The summed E-state index contributed by atoms with van der Waals surface area (Å²) in [7, 11) is 1.67. The van der Waals surface area contributed by atoms with Crippen molar-refractivity contribution in [2.75, 3.05) is 39.8 Å². The van der Waals surface area contributed by atoms with Gasteiger partial charge in [-0.15, -0.1) is 12.4 Å². The van der Waals surface area contributed by atoms with Gasteiger partial charge in [-0.05, 0) is 24.6 Å². The summed E-state index contributed by atoms with van der Waals surface area (Å²) in [6.45, 7) is 5.05. The van der Waals surface area contributed by atoms with Crippen LogP contribution in [-0.2, 0) is 4.79 Å². The SMILES string of the molecule is Cc1ccc(Br)cc1C(=O)N(C)CC(=O)N1CCNCC1.Cl. The van der Waals surface area contributed by atoms with Crippen LogP contribution in [0.25, 0.3) is 0 Å². The van der Waals surface area contributed by atoms with Crippen LogP contribution in [-0.4, -0.2) is 61.4 Å². The van der Waals surface area contributed by atoms with E-state index >= 15 is 0 Å². The van der Waals surface area contributed by atoms with Gasteiger partial charge in [0.15, 0.2) is 0 Å². The summed E-state index contributed by atoms with van der Waals surface area (Å²) in [4.78, 5) is 27.9. The zero-order valence-electron chi connectivity index (χ0n) is 12.8. The molecule has 1 N–H and O–H groups in total. The molecule has 0 radical (unpaired) electrons. The van der Waals surface area contributed by atoms with Crippen LogP contribution in [0.15, 0.2) is 22.7 Å². The third kappa shape index (κ3) is 4.69. The first-order chi connectivity index (χ1) is 9.99. The highest BCUT2D eigenvalue weighted by Crippen LogP contribution is 2.17. The minimum absolute atomic E-state index is 0. The Morgan fingerprint density at radius 2 is 1.95 bits per heavy atom. The van der Waals surface area contributed by atoms with Crippen molar-refractivity contribution in [1.82, 2.24) is 15.1 Å².